The Morgan fingerprint density at radius 2 is 1.61 bits per heavy atom. The zero-order valence-corrected chi connectivity index (χ0v) is 18.8. The van der Waals surface area contributed by atoms with Crippen LogP contribution in [-0.4, -0.2) is 29.1 Å². The van der Waals surface area contributed by atoms with Crippen LogP contribution in [0.3, 0.4) is 0 Å². The Balaban J connectivity index is 1.71. The van der Waals surface area contributed by atoms with E-state index in [9.17, 15) is 0 Å². The SMILES string of the molecule is Cc1cccnc1-n1c(C)c(C)c2c1ncn1nc(-c3ccc(C(C)(C)C)cc3)nc21. The number of nitrogens with zero attached hydrogens (tertiary/aromatic N) is 6. The van der Waals surface area contributed by atoms with Crippen LogP contribution in [0.2, 0.25) is 0 Å². The summed E-state index contributed by atoms with van der Waals surface area (Å²) in [6.07, 6.45) is 3.56. The fourth-order valence-electron chi connectivity index (χ4n) is 4.07. The van der Waals surface area contributed by atoms with Crippen LogP contribution < -0.4 is 0 Å². The topological polar surface area (TPSA) is 60.9 Å². The number of benzene rings is 1. The second kappa shape index (κ2) is 6.74. The molecule has 0 aliphatic rings. The van der Waals surface area contributed by atoms with E-state index in [4.69, 9.17) is 15.1 Å². The first-order valence-corrected chi connectivity index (χ1v) is 10.5. The van der Waals surface area contributed by atoms with E-state index >= 15 is 0 Å². The Labute approximate surface area is 181 Å². The number of rotatable bonds is 2. The quantitative estimate of drug-likeness (QED) is 0.393. The summed E-state index contributed by atoms with van der Waals surface area (Å²) < 4.78 is 3.89. The summed E-state index contributed by atoms with van der Waals surface area (Å²) in [5.41, 5.74) is 7.42. The summed E-state index contributed by atoms with van der Waals surface area (Å²) in [5.74, 6) is 1.60. The molecule has 4 heterocycles. The molecule has 0 unspecified atom stereocenters. The molecule has 0 N–H and O–H groups in total. The molecule has 6 heteroatoms. The zero-order chi connectivity index (χ0) is 21.9. The van der Waals surface area contributed by atoms with Crippen LogP contribution in [0, 0.1) is 20.8 Å². The van der Waals surface area contributed by atoms with Crippen LogP contribution in [0.4, 0.5) is 0 Å². The highest BCUT2D eigenvalue weighted by Gasteiger charge is 2.21. The van der Waals surface area contributed by atoms with Gasteiger partial charge in [0.25, 0.3) is 0 Å². The fraction of sp³-hybridized carbons (Fsp3) is 0.280. The lowest BCUT2D eigenvalue weighted by molar-refractivity contribution is 0.590. The van der Waals surface area contributed by atoms with Crippen LogP contribution in [0.25, 0.3) is 33.9 Å². The maximum absolute atomic E-state index is 4.91. The number of pyridine rings is 1. The lowest BCUT2D eigenvalue weighted by Gasteiger charge is -2.18. The minimum Gasteiger partial charge on any atom is -0.282 e. The van der Waals surface area contributed by atoms with Crippen molar-refractivity contribution in [3.8, 4) is 17.2 Å². The Hall–Kier alpha value is -3.54. The van der Waals surface area contributed by atoms with Gasteiger partial charge >= 0.3 is 0 Å². The molecule has 1 aromatic carbocycles. The van der Waals surface area contributed by atoms with E-state index in [0.717, 1.165) is 44.9 Å². The first kappa shape index (κ1) is 19.4. The number of aromatic nitrogens is 6. The summed E-state index contributed by atoms with van der Waals surface area (Å²) in [4.78, 5) is 14.3. The summed E-state index contributed by atoms with van der Waals surface area (Å²) in [6, 6.07) is 12.5. The minimum absolute atomic E-state index is 0.113. The summed E-state index contributed by atoms with van der Waals surface area (Å²) in [7, 11) is 0. The van der Waals surface area contributed by atoms with E-state index in [2.05, 4.69) is 81.4 Å². The molecular weight excluding hydrogens is 384 g/mol. The molecule has 5 aromatic rings. The van der Waals surface area contributed by atoms with Crippen molar-refractivity contribution in [3.05, 3.63) is 71.3 Å². The van der Waals surface area contributed by atoms with Crippen molar-refractivity contribution in [2.24, 2.45) is 0 Å². The standard InChI is InChI=1S/C25H26N6/c1-15-8-7-13-26-22(15)31-17(3)16(2)20-23(31)27-14-30-24(20)28-21(29-30)18-9-11-19(12-10-18)25(4,5)6/h7-14H,1-6H3. The van der Waals surface area contributed by atoms with Gasteiger partial charge in [-0.3, -0.25) is 4.57 Å². The molecular formula is C25H26N6. The van der Waals surface area contributed by atoms with E-state index in [0.29, 0.717) is 5.82 Å². The number of hydrogen-bond acceptors (Lipinski definition) is 4. The van der Waals surface area contributed by atoms with Gasteiger partial charge < -0.3 is 0 Å². The maximum Gasteiger partial charge on any atom is 0.182 e. The van der Waals surface area contributed by atoms with Crippen LogP contribution in [0.1, 0.15) is 43.2 Å². The number of fused-ring (bicyclic) bond motifs is 3. The molecule has 0 saturated heterocycles. The van der Waals surface area contributed by atoms with Crippen molar-refractivity contribution in [2.45, 2.75) is 47.0 Å². The molecule has 0 atom stereocenters. The lowest BCUT2D eigenvalue weighted by Crippen LogP contribution is -2.10. The number of hydrogen-bond donors (Lipinski definition) is 0. The first-order chi connectivity index (χ1) is 14.8. The van der Waals surface area contributed by atoms with Gasteiger partial charge in [0.1, 0.15) is 12.1 Å². The van der Waals surface area contributed by atoms with E-state index in [1.54, 1.807) is 10.8 Å². The predicted molar refractivity (Wildman–Crippen MR) is 124 cm³/mol. The smallest absolute Gasteiger partial charge is 0.182 e. The van der Waals surface area contributed by atoms with Gasteiger partial charge in [-0.25, -0.2) is 19.5 Å². The van der Waals surface area contributed by atoms with Gasteiger partial charge in [-0.1, -0.05) is 51.1 Å². The second-order valence-corrected chi connectivity index (χ2v) is 9.16. The van der Waals surface area contributed by atoms with Gasteiger partial charge in [0.2, 0.25) is 0 Å². The van der Waals surface area contributed by atoms with Gasteiger partial charge in [-0.15, -0.1) is 5.10 Å². The summed E-state index contributed by atoms with van der Waals surface area (Å²) >= 11 is 0. The monoisotopic (exact) mass is 410 g/mol. The molecule has 0 aliphatic carbocycles. The second-order valence-electron chi connectivity index (χ2n) is 9.16. The van der Waals surface area contributed by atoms with Crippen molar-refractivity contribution in [3.63, 3.8) is 0 Å². The summed E-state index contributed by atoms with van der Waals surface area (Å²) in [6.45, 7) is 12.9. The van der Waals surface area contributed by atoms with Crippen molar-refractivity contribution in [1.29, 1.82) is 0 Å². The van der Waals surface area contributed by atoms with Gasteiger partial charge in [-0.05, 0) is 48.9 Å². The molecule has 4 aromatic heterocycles. The average molecular weight is 411 g/mol. The molecule has 0 fully saturated rings. The fourth-order valence-corrected chi connectivity index (χ4v) is 4.07. The largest absolute Gasteiger partial charge is 0.282 e. The van der Waals surface area contributed by atoms with Crippen molar-refractivity contribution in [2.75, 3.05) is 0 Å². The molecule has 156 valence electrons. The van der Waals surface area contributed by atoms with Gasteiger partial charge in [0, 0.05) is 17.5 Å². The molecule has 6 nitrogen and oxygen atoms in total. The van der Waals surface area contributed by atoms with E-state index in [1.807, 2.05) is 12.3 Å². The molecule has 0 aliphatic heterocycles. The summed E-state index contributed by atoms with van der Waals surface area (Å²) in [5, 5.41) is 5.72. The lowest BCUT2D eigenvalue weighted by atomic mass is 9.87. The van der Waals surface area contributed by atoms with Crippen LogP contribution in [0.5, 0.6) is 0 Å². The number of aryl methyl sites for hydroxylation is 2. The molecule has 0 amide bonds. The Kier molecular flexibility index (Phi) is 4.22. The van der Waals surface area contributed by atoms with E-state index in [-0.39, 0.29) is 5.41 Å². The molecule has 0 saturated carbocycles. The molecule has 5 rings (SSSR count). The van der Waals surface area contributed by atoms with Crippen LogP contribution in [-0.2, 0) is 5.41 Å². The third kappa shape index (κ3) is 3.02. The van der Waals surface area contributed by atoms with Crippen LogP contribution >= 0.6 is 0 Å². The third-order valence-corrected chi connectivity index (χ3v) is 6.04. The van der Waals surface area contributed by atoms with E-state index in [1.165, 1.54) is 5.56 Å². The van der Waals surface area contributed by atoms with E-state index < -0.39 is 0 Å². The van der Waals surface area contributed by atoms with Gasteiger partial charge in [-0.2, -0.15) is 0 Å². The predicted octanol–water partition coefficient (Wildman–Crippen LogP) is 5.35. The highest BCUT2D eigenvalue weighted by molar-refractivity contribution is 5.95. The Bertz CT molecular complexity index is 1430. The van der Waals surface area contributed by atoms with Crippen molar-refractivity contribution < 1.29 is 0 Å². The average Bonchev–Trinajstić information content (AvgIpc) is 3.28. The zero-order valence-electron chi connectivity index (χ0n) is 18.8. The van der Waals surface area contributed by atoms with Crippen molar-refractivity contribution in [1.82, 2.24) is 29.1 Å². The Morgan fingerprint density at radius 1 is 0.871 bits per heavy atom. The highest BCUT2D eigenvalue weighted by Crippen LogP contribution is 2.31. The first-order valence-electron chi connectivity index (χ1n) is 10.5. The normalized spacial score (nSPS) is 12.2. The van der Waals surface area contributed by atoms with Gasteiger partial charge in [0.15, 0.2) is 17.1 Å². The van der Waals surface area contributed by atoms with Crippen LogP contribution in [0.15, 0.2) is 48.9 Å². The molecule has 0 bridgehead atoms. The van der Waals surface area contributed by atoms with Crippen molar-refractivity contribution >= 4 is 16.7 Å². The van der Waals surface area contributed by atoms with Gasteiger partial charge in [0.05, 0.1) is 5.39 Å². The molecule has 31 heavy (non-hydrogen) atoms. The minimum atomic E-state index is 0.113. The Morgan fingerprint density at radius 3 is 2.29 bits per heavy atom. The third-order valence-electron chi connectivity index (χ3n) is 6.04. The molecule has 0 radical (unpaired) electrons. The highest BCUT2D eigenvalue weighted by atomic mass is 15.3. The maximum atomic E-state index is 4.91. The molecule has 0 spiro atoms.